The van der Waals surface area contributed by atoms with Gasteiger partial charge in [0, 0.05) is 26.9 Å². The molecular weight excluding hydrogens is 652 g/mol. The SMILES string of the molecule is CCCCCCCCC=CCCCCCCCC(=O)N(C)CC(=O)OC(C(=O)OCC)N(C)C(=O)CCCCCCCCCCCCCCCCC. The van der Waals surface area contributed by atoms with E-state index in [1.54, 1.807) is 14.0 Å². The summed E-state index contributed by atoms with van der Waals surface area (Å²) in [5.41, 5.74) is 0. The standard InChI is InChI=1S/C44H82N2O6/c1-6-9-11-13-15-17-19-21-23-25-27-29-31-33-35-37-40(47)45(4)39-42(49)52-43(44(50)51-8-3)46(5)41(48)38-36-34-32-30-28-26-24-22-20-18-16-14-12-10-7-2/h21,23,43H,6-20,22,24-39H2,1-5H3. The number of hydrogen-bond acceptors (Lipinski definition) is 6. The van der Waals surface area contributed by atoms with Crippen LogP contribution in [0, 0.1) is 0 Å². The molecule has 2 amide bonds. The van der Waals surface area contributed by atoms with Gasteiger partial charge >= 0.3 is 11.9 Å². The second-order valence-corrected chi connectivity index (χ2v) is 14.9. The third-order valence-electron chi connectivity index (χ3n) is 9.92. The van der Waals surface area contributed by atoms with E-state index in [4.69, 9.17) is 9.47 Å². The Hall–Kier alpha value is -2.38. The molecule has 0 saturated heterocycles. The Bertz CT molecular complexity index is 907. The molecule has 0 aromatic carbocycles. The number of carbonyl (C=O) groups excluding carboxylic acids is 4. The van der Waals surface area contributed by atoms with Crippen molar-refractivity contribution >= 4 is 23.8 Å². The van der Waals surface area contributed by atoms with Crippen molar-refractivity contribution in [3.8, 4) is 0 Å². The highest BCUT2D eigenvalue weighted by molar-refractivity contribution is 5.87. The summed E-state index contributed by atoms with van der Waals surface area (Å²) in [4.78, 5) is 53.5. The third kappa shape index (κ3) is 30.1. The van der Waals surface area contributed by atoms with Gasteiger partial charge in [-0.05, 0) is 45.4 Å². The van der Waals surface area contributed by atoms with Crippen LogP contribution in [0.3, 0.4) is 0 Å². The van der Waals surface area contributed by atoms with Crippen molar-refractivity contribution in [2.45, 2.75) is 220 Å². The number of allylic oxidation sites excluding steroid dienone is 2. The first-order chi connectivity index (χ1) is 25.3. The van der Waals surface area contributed by atoms with Gasteiger partial charge < -0.3 is 19.3 Å². The van der Waals surface area contributed by atoms with Crippen LogP contribution < -0.4 is 0 Å². The quantitative estimate of drug-likeness (QED) is 0.0273. The minimum Gasteiger partial charge on any atom is -0.462 e. The lowest BCUT2D eigenvalue weighted by molar-refractivity contribution is -0.183. The zero-order valence-electron chi connectivity index (χ0n) is 34.7. The average Bonchev–Trinajstić information content (AvgIpc) is 3.13. The topological polar surface area (TPSA) is 93.2 Å². The van der Waals surface area contributed by atoms with Gasteiger partial charge in [0.2, 0.25) is 11.8 Å². The molecule has 0 saturated carbocycles. The zero-order valence-corrected chi connectivity index (χ0v) is 34.7. The van der Waals surface area contributed by atoms with E-state index in [1.807, 2.05) is 0 Å². The van der Waals surface area contributed by atoms with E-state index in [0.717, 1.165) is 56.3 Å². The Morgan fingerprint density at radius 3 is 1.27 bits per heavy atom. The largest absolute Gasteiger partial charge is 0.462 e. The van der Waals surface area contributed by atoms with Crippen molar-refractivity contribution in [3.63, 3.8) is 0 Å². The molecule has 0 aliphatic rings. The molecule has 0 aliphatic carbocycles. The summed E-state index contributed by atoms with van der Waals surface area (Å²) in [5, 5.41) is 0. The molecule has 0 N–H and O–H groups in total. The monoisotopic (exact) mass is 735 g/mol. The first kappa shape index (κ1) is 49.6. The smallest absolute Gasteiger partial charge is 0.369 e. The van der Waals surface area contributed by atoms with Crippen LogP contribution in [0.15, 0.2) is 12.2 Å². The van der Waals surface area contributed by atoms with Crippen LogP contribution in [0.4, 0.5) is 0 Å². The van der Waals surface area contributed by atoms with E-state index in [0.29, 0.717) is 6.42 Å². The Kier molecular flexibility index (Phi) is 35.3. The van der Waals surface area contributed by atoms with Crippen LogP contribution in [0.25, 0.3) is 0 Å². The normalized spacial score (nSPS) is 11.9. The number of likely N-dealkylation sites (N-methyl/N-ethyl adjacent to an activating group) is 2. The molecule has 8 heteroatoms. The molecule has 0 aromatic rings. The fraction of sp³-hybridized carbons (Fsp3) is 0.864. The van der Waals surface area contributed by atoms with E-state index in [9.17, 15) is 19.2 Å². The van der Waals surface area contributed by atoms with Gasteiger partial charge in [-0.15, -0.1) is 0 Å². The predicted octanol–water partition coefficient (Wildman–Crippen LogP) is 11.6. The Morgan fingerprint density at radius 1 is 0.500 bits per heavy atom. The number of ether oxygens (including phenoxy) is 2. The van der Waals surface area contributed by atoms with Crippen LogP contribution in [-0.4, -0.2) is 67.0 Å². The highest BCUT2D eigenvalue weighted by Gasteiger charge is 2.32. The molecule has 8 nitrogen and oxygen atoms in total. The Morgan fingerprint density at radius 2 is 0.865 bits per heavy atom. The molecule has 0 aromatic heterocycles. The van der Waals surface area contributed by atoms with Gasteiger partial charge in [0.15, 0.2) is 0 Å². The van der Waals surface area contributed by atoms with E-state index in [1.165, 1.54) is 140 Å². The summed E-state index contributed by atoms with van der Waals surface area (Å²) in [5.74, 6) is -1.94. The second-order valence-electron chi connectivity index (χ2n) is 14.9. The zero-order chi connectivity index (χ0) is 38.5. The molecule has 0 spiro atoms. The van der Waals surface area contributed by atoms with E-state index in [2.05, 4.69) is 26.0 Å². The van der Waals surface area contributed by atoms with E-state index >= 15 is 0 Å². The number of nitrogens with zero attached hydrogens (tertiary/aromatic N) is 2. The molecule has 304 valence electrons. The molecular formula is C44H82N2O6. The van der Waals surface area contributed by atoms with Gasteiger partial charge in [0.25, 0.3) is 6.23 Å². The van der Waals surface area contributed by atoms with E-state index in [-0.39, 0.29) is 31.4 Å². The van der Waals surface area contributed by atoms with Crippen LogP contribution >= 0.6 is 0 Å². The third-order valence-corrected chi connectivity index (χ3v) is 9.92. The predicted molar refractivity (Wildman–Crippen MR) is 216 cm³/mol. The highest BCUT2D eigenvalue weighted by atomic mass is 16.6. The number of unbranched alkanes of at least 4 members (excludes halogenated alkanes) is 25. The molecule has 0 rings (SSSR count). The molecule has 0 bridgehead atoms. The summed E-state index contributed by atoms with van der Waals surface area (Å²) in [6, 6.07) is 0. The fourth-order valence-corrected chi connectivity index (χ4v) is 6.43. The lowest BCUT2D eigenvalue weighted by atomic mass is 10.0. The maximum atomic E-state index is 12.9. The lowest BCUT2D eigenvalue weighted by Crippen LogP contribution is -2.47. The van der Waals surface area contributed by atoms with Crippen LogP contribution in [0.5, 0.6) is 0 Å². The average molecular weight is 735 g/mol. The first-order valence-electron chi connectivity index (χ1n) is 21.8. The van der Waals surface area contributed by atoms with Crippen molar-refractivity contribution in [1.82, 2.24) is 9.80 Å². The lowest BCUT2D eigenvalue weighted by Gasteiger charge is -2.27. The van der Waals surface area contributed by atoms with Gasteiger partial charge in [-0.25, -0.2) is 4.79 Å². The van der Waals surface area contributed by atoms with Crippen molar-refractivity contribution in [2.24, 2.45) is 0 Å². The van der Waals surface area contributed by atoms with Gasteiger partial charge in [0.1, 0.15) is 6.54 Å². The first-order valence-corrected chi connectivity index (χ1v) is 21.8. The minimum atomic E-state index is -1.47. The fourth-order valence-electron chi connectivity index (χ4n) is 6.43. The molecule has 52 heavy (non-hydrogen) atoms. The Labute approximate surface area is 320 Å². The van der Waals surface area contributed by atoms with E-state index < -0.39 is 18.2 Å². The number of rotatable bonds is 37. The van der Waals surface area contributed by atoms with Crippen LogP contribution in [0.1, 0.15) is 213 Å². The summed E-state index contributed by atoms with van der Waals surface area (Å²) in [6.07, 6.45) is 37.9. The molecule has 1 unspecified atom stereocenters. The van der Waals surface area contributed by atoms with Crippen molar-refractivity contribution in [1.29, 1.82) is 0 Å². The van der Waals surface area contributed by atoms with Crippen molar-refractivity contribution in [3.05, 3.63) is 12.2 Å². The molecule has 0 heterocycles. The number of carbonyl (C=O) groups is 4. The minimum absolute atomic E-state index is 0.0995. The molecule has 0 radical (unpaired) electrons. The van der Waals surface area contributed by atoms with Crippen molar-refractivity contribution < 1.29 is 28.7 Å². The maximum absolute atomic E-state index is 12.9. The van der Waals surface area contributed by atoms with Gasteiger partial charge in [-0.3, -0.25) is 14.4 Å². The number of hydrogen-bond donors (Lipinski definition) is 0. The molecule has 0 fully saturated rings. The number of amides is 2. The van der Waals surface area contributed by atoms with Crippen molar-refractivity contribution in [2.75, 3.05) is 27.2 Å². The summed E-state index contributed by atoms with van der Waals surface area (Å²) in [7, 11) is 3.02. The Balaban J connectivity index is 4.19. The summed E-state index contributed by atoms with van der Waals surface area (Å²) >= 11 is 0. The van der Waals surface area contributed by atoms with Crippen LogP contribution in [0.2, 0.25) is 0 Å². The maximum Gasteiger partial charge on any atom is 0.369 e. The second kappa shape index (κ2) is 37.0. The molecule has 0 aliphatic heterocycles. The highest BCUT2D eigenvalue weighted by Crippen LogP contribution is 2.15. The summed E-state index contributed by atoms with van der Waals surface area (Å²) < 4.78 is 10.5. The van der Waals surface area contributed by atoms with Gasteiger partial charge in [-0.2, -0.15) is 0 Å². The summed E-state index contributed by atoms with van der Waals surface area (Å²) in [6.45, 7) is 5.98. The van der Waals surface area contributed by atoms with Crippen LogP contribution in [-0.2, 0) is 28.7 Å². The number of esters is 2. The van der Waals surface area contributed by atoms with Gasteiger partial charge in [-0.1, -0.05) is 167 Å². The molecule has 1 atom stereocenters. The van der Waals surface area contributed by atoms with Gasteiger partial charge in [0.05, 0.1) is 6.61 Å².